The van der Waals surface area contributed by atoms with E-state index >= 15 is 8.78 Å². The number of ether oxygens (including phenoxy) is 1. The Morgan fingerprint density at radius 3 is 2.52 bits per heavy atom. The molecule has 1 aliphatic rings. The molecule has 0 aliphatic carbocycles. The van der Waals surface area contributed by atoms with Gasteiger partial charge in [0.25, 0.3) is 0 Å². The number of aromatic nitrogens is 5. The van der Waals surface area contributed by atoms with E-state index in [-0.39, 0.29) is 30.1 Å². The molecule has 1 saturated heterocycles. The normalized spacial score (nSPS) is 16.5. The molecule has 0 unspecified atom stereocenters. The van der Waals surface area contributed by atoms with Crippen molar-refractivity contribution in [2.24, 2.45) is 0 Å². The summed E-state index contributed by atoms with van der Waals surface area (Å²) in [6, 6.07) is 14.8. The van der Waals surface area contributed by atoms with Crippen LogP contribution in [0.4, 0.5) is 14.6 Å². The Morgan fingerprint density at radius 1 is 1.09 bits per heavy atom. The van der Waals surface area contributed by atoms with Crippen molar-refractivity contribution < 1.29 is 18.6 Å². The van der Waals surface area contributed by atoms with Crippen LogP contribution in [0.5, 0.6) is 5.75 Å². The standard InChI is InChI=1S/C23H22F2N6O2/c1-33-18-9-7-15(8-10-18)13-31-21-19(28-29-31)20(30-12-11-17(32)14-30)26-22(27-21)23(24,25)16-5-3-2-4-6-16/h2-10,17,32H,11-14H2,1H3/t17-/m0/s1. The van der Waals surface area contributed by atoms with Gasteiger partial charge in [-0.15, -0.1) is 5.10 Å². The summed E-state index contributed by atoms with van der Waals surface area (Å²) in [5, 5.41) is 18.4. The smallest absolute Gasteiger partial charge is 0.331 e. The average molecular weight is 452 g/mol. The molecule has 1 aliphatic heterocycles. The minimum absolute atomic E-state index is 0.203. The molecular formula is C23H22F2N6O2. The van der Waals surface area contributed by atoms with Crippen molar-refractivity contribution >= 4 is 17.0 Å². The molecule has 2 aromatic heterocycles. The molecule has 0 saturated carbocycles. The van der Waals surface area contributed by atoms with E-state index in [0.29, 0.717) is 24.2 Å². The molecular weight excluding hydrogens is 430 g/mol. The van der Waals surface area contributed by atoms with Gasteiger partial charge in [-0.3, -0.25) is 0 Å². The minimum atomic E-state index is -3.42. The fourth-order valence-electron chi connectivity index (χ4n) is 3.92. The summed E-state index contributed by atoms with van der Waals surface area (Å²) in [4.78, 5) is 10.2. The summed E-state index contributed by atoms with van der Waals surface area (Å²) >= 11 is 0. The van der Waals surface area contributed by atoms with Gasteiger partial charge in [-0.2, -0.15) is 8.78 Å². The lowest BCUT2D eigenvalue weighted by molar-refractivity contribution is 0.0332. The van der Waals surface area contributed by atoms with E-state index in [2.05, 4.69) is 20.3 Å². The van der Waals surface area contributed by atoms with Crippen LogP contribution in [-0.2, 0) is 12.5 Å². The van der Waals surface area contributed by atoms with Gasteiger partial charge in [-0.25, -0.2) is 14.6 Å². The molecule has 0 amide bonds. The van der Waals surface area contributed by atoms with Gasteiger partial charge in [0.1, 0.15) is 5.75 Å². The summed E-state index contributed by atoms with van der Waals surface area (Å²) < 4.78 is 37.6. The van der Waals surface area contributed by atoms with Crippen molar-refractivity contribution in [2.45, 2.75) is 25.0 Å². The first-order chi connectivity index (χ1) is 16.0. The predicted octanol–water partition coefficient (Wildman–Crippen LogP) is 2.99. The van der Waals surface area contributed by atoms with E-state index in [1.54, 1.807) is 30.2 Å². The second-order valence-electron chi connectivity index (χ2n) is 7.97. The average Bonchev–Trinajstić information content (AvgIpc) is 3.46. The van der Waals surface area contributed by atoms with Gasteiger partial charge in [-0.05, 0) is 24.1 Å². The molecule has 8 nitrogen and oxygen atoms in total. The minimum Gasteiger partial charge on any atom is -0.497 e. The topological polar surface area (TPSA) is 89.2 Å². The Morgan fingerprint density at radius 2 is 1.85 bits per heavy atom. The lowest BCUT2D eigenvalue weighted by atomic mass is 10.1. The highest BCUT2D eigenvalue weighted by atomic mass is 19.3. The number of methoxy groups -OCH3 is 1. The molecule has 0 spiro atoms. The number of anilines is 1. The highest BCUT2D eigenvalue weighted by Gasteiger charge is 2.39. The number of halogens is 2. The Hall–Kier alpha value is -3.66. The van der Waals surface area contributed by atoms with Crippen molar-refractivity contribution in [1.82, 2.24) is 25.0 Å². The molecule has 1 atom stereocenters. The first kappa shape index (κ1) is 21.2. The molecule has 4 aromatic rings. The zero-order chi connectivity index (χ0) is 23.0. The highest BCUT2D eigenvalue weighted by Crippen LogP contribution is 2.36. The molecule has 170 valence electrons. The number of aliphatic hydroxyl groups excluding tert-OH is 1. The van der Waals surface area contributed by atoms with Gasteiger partial charge in [0.2, 0.25) is 5.82 Å². The number of aliphatic hydroxyl groups is 1. The van der Waals surface area contributed by atoms with Crippen LogP contribution in [-0.4, -0.2) is 56.4 Å². The van der Waals surface area contributed by atoms with Crippen LogP contribution in [0.15, 0.2) is 54.6 Å². The van der Waals surface area contributed by atoms with E-state index in [0.717, 1.165) is 5.56 Å². The molecule has 0 bridgehead atoms. The van der Waals surface area contributed by atoms with Crippen LogP contribution in [0.3, 0.4) is 0 Å². The molecule has 3 heterocycles. The number of fused-ring (bicyclic) bond motifs is 1. The summed E-state index contributed by atoms with van der Waals surface area (Å²) in [5.74, 6) is -3.08. The van der Waals surface area contributed by atoms with Gasteiger partial charge in [0.05, 0.1) is 19.8 Å². The van der Waals surface area contributed by atoms with E-state index in [1.807, 2.05) is 24.3 Å². The second kappa shape index (κ2) is 8.36. The quantitative estimate of drug-likeness (QED) is 0.481. The number of benzene rings is 2. The third-order valence-electron chi connectivity index (χ3n) is 5.72. The lowest BCUT2D eigenvalue weighted by Crippen LogP contribution is -2.26. The van der Waals surface area contributed by atoms with Crippen molar-refractivity contribution in [3.63, 3.8) is 0 Å². The van der Waals surface area contributed by atoms with Gasteiger partial charge in [0.15, 0.2) is 17.0 Å². The number of hydrogen-bond donors (Lipinski definition) is 1. The lowest BCUT2D eigenvalue weighted by Gasteiger charge is -2.20. The first-order valence-electron chi connectivity index (χ1n) is 10.6. The Bertz CT molecular complexity index is 1260. The maximum Gasteiger partial charge on any atom is 0.331 e. The Labute approximate surface area is 188 Å². The summed E-state index contributed by atoms with van der Waals surface area (Å²) in [6.45, 7) is 1.05. The first-order valence-corrected chi connectivity index (χ1v) is 10.6. The van der Waals surface area contributed by atoms with Crippen LogP contribution in [0.25, 0.3) is 11.2 Å². The van der Waals surface area contributed by atoms with Crippen LogP contribution >= 0.6 is 0 Å². The largest absolute Gasteiger partial charge is 0.497 e. The third kappa shape index (κ3) is 3.97. The third-order valence-corrected chi connectivity index (χ3v) is 5.72. The monoisotopic (exact) mass is 452 g/mol. The van der Waals surface area contributed by atoms with Crippen molar-refractivity contribution in [3.8, 4) is 5.75 Å². The fourth-order valence-corrected chi connectivity index (χ4v) is 3.92. The highest BCUT2D eigenvalue weighted by molar-refractivity contribution is 5.83. The molecule has 1 N–H and O–H groups in total. The predicted molar refractivity (Wildman–Crippen MR) is 117 cm³/mol. The van der Waals surface area contributed by atoms with Gasteiger partial charge in [0, 0.05) is 18.7 Å². The summed E-state index contributed by atoms with van der Waals surface area (Å²) in [5.41, 5.74) is 1.22. The fraction of sp³-hybridized carbons (Fsp3) is 0.304. The Kier molecular flexibility index (Phi) is 5.37. The maximum absolute atomic E-state index is 15.5. The zero-order valence-corrected chi connectivity index (χ0v) is 17.9. The molecule has 5 rings (SSSR count). The van der Waals surface area contributed by atoms with E-state index in [4.69, 9.17) is 4.74 Å². The number of alkyl halides is 2. The SMILES string of the molecule is COc1ccc(Cn2nnc3c(N4CC[C@H](O)C4)nc(C(F)(F)c4ccccc4)nc32)cc1. The van der Waals surface area contributed by atoms with Crippen molar-refractivity contribution in [2.75, 3.05) is 25.1 Å². The van der Waals surface area contributed by atoms with E-state index in [9.17, 15) is 5.11 Å². The second-order valence-corrected chi connectivity index (χ2v) is 7.97. The zero-order valence-electron chi connectivity index (χ0n) is 17.9. The molecule has 1 fully saturated rings. The van der Waals surface area contributed by atoms with Crippen molar-refractivity contribution in [1.29, 1.82) is 0 Å². The van der Waals surface area contributed by atoms with Gasteiger partial charge < -0.3 is 14.7 Å². The summed E-state index contributed by atoms with van der Waals surface area (Å²) in [6.07, 6.45) is -0.0296. The number of β-amino-alcohol motifs (C(OH)–C–C–N with tert-alkyl or cyclic N) is 1. The molecule has 0 radical (unpaired) electrons. The number of nitrogens with zero attached hydrogens (tertiary/aromatic N) is 6. The van der Waals surface area contributed by atoms with Gasteiger partial charge >= 0.3 is 5.92 Å². The molecule has 10 heteroatoms. The maximum atomic E-state index is 15.5. The number of hydrogen-bond acceptors (Lipinski definition) is 7. The van der Waals surface area contributed by atoms with Crippen LogP contribution in [0.2, 0.25) is 0 Å². The number of rotatable bonds is 6. The molecule has 33 heavy (non-hydrogen) atoms. The Balaban J connectivity index is 1.62. The van der Waals surface area contributed by atoms with Crippen molar-refractivity contribution in [3.05, 3.63) is 71.5 Å². The van der Waals surface area contributed by atoms with Crippen LogP contribution < -0.4 is 9.64 Å². The summed E-state index contributed by atoms with van der Waals surface area (Å²) in [7, 11) is 1.59. The molecule has 2 aromatic carbocycles. The van der Waals surface area contributed by atoms with E-state index in [1.165, 1.54) is 16.8 Å². The van der Waals surface area contributed by atoms with Crippen LogP contribution in [0, 0.1) is 0 Å². The van der Waals surface area contributed by atoms with E-state index < -0.39 is 17.9 Å². The van der Waals surface area contributed by atoms with Gasteiger partial charge in [-0.1, -0.05) is 47.7 Å². The van der Waals surface area contributed by atoms with Crippen LogP contribution in [0.1, 0.15) is 23.4 Å².